The van der Waals surface area contributed by atoms with E-state index < -0.39 is 0 Å². The first kappa shape index (κ1) is 12.3. The molecule has 5 nitrogen and oxygen atoms in total. The minimum atomic E-state index is -0.321. The Labute approximate surface area is 108 Å². The Morgan fingerprint density at radius 2 is 1.94 bits per heavy atom. The lowest BCUT2D eigenvalue weighted by atomic mass is 10.2. The van der Waals surface area contributed by atoms with Crippen LogP contribution in [0.3, 0.4) is 0 Å². The highest BCUT2D eigenvalue weighted by atomic mass is 79.9. The topological polar surface area (TPSA) is 49.6 Å². The molecule has 0 aromatic heterocycles. The van der Waals surface area contributed by atoms with Gasteiger partial charge in [-0.3, -0.25) is 10.1 Å². The second-order valence-corrected chi connectivity index (χ2v) is 5.01. The molecule has 1 saturated heterocycles. The third-order valence-corrected chi connectivity index (χ3v) is 3.62. The molecule has 1 aliphatic rings. The van der Waals surface area contributed by atoms with Crippen LogP contribution in [0.25, 0.3) is 0 Å². The first-order chi connectivity index (χ1) is 8.09. The van der Waals surface area contributed by atoms with Crippen molar-refractivity contribution in [1.29, 1.82) is 0 Å². The van der Waals surface area contributed by atoms with E-state index in [2.05, 4.69) is 32.8 Å². The van der Waals surface area contributed by atoms with Crippen LogP contribution in [0.4, 0.5) is 11.4 Å². The summed E-state index contributed by atoms with van der Waals surface area (Å²) in [5, 5.41) is 11.0. The van der Waals surface area contributed by atoms with Gasteiger partial charge in [0.1, 0.15) is 5.69 Å². The molecule has 0 amide bonds. The van der Waals surface area contributed by atoms with Gasteiger partial charge < -0.3 is 9.80 Å². The molecule has 0 bridgehead atoms. The average molecular weight is 300 g/mol. The monoisotopic (exact) mass is 299 g/mol. The fourth-order valence-corrected chi connectivity index (χ4v) is 2.60. The van der Waals surface area contributed by atoms with E-state index in [1.807, 2.05) is 6.07 Å². The van der Waals surface area contributed by atoms with Crippen LogP contribution in [0.15, 0.2) is 22.7 Å². The average Bonchev–Trinajstić information content (AvgIpc) is 2.30. The maximum Gasteiger partial charge on any atom is 0.293 e. The molecule has 0 aliphatic carbocycles. The van der Waals surface area contributed by atoms with Crippen molar-refractivity contribution in [2.45, 2.75) is 0 Å². The van der Waals surface area contributed by atoms with Crippen molar-refractivity contribution in [3.8, 4) is 0 Å². The molecule has 1 aromatic carbocycles. The Kier molecular flexibility index (Phi) is 3.63. The number of nitro benzene ring substituents is 1. The molecule has 0 spiro atoms. The fraction of sp³-hybridized carbons (Fsp3) is 0.455. The molecule has 6 heteroatoms. The maximum atomic E-state index is 11.0. The highest BCUT2D eigenvalue weighted by Gasteiger charge is 2.24. The van der Waals surface area contributed by atoms with E-state index in [0.29, 0.717) is 5.69 Å². The van der Waals surface area contributed by atoms with Gasteiger partial charge in [0, 0.05) is 36.7 Å². The van der Waals surface area contributed by atoms with Gasteiger partial charge in [-0.2, -0.15) is 0 Å². The van der Waals surface area contributed by atoms with E-state index in [-0.39, 0.29) is 10.6 Å². The lowest BCUT2D eigenvalue weighted by Crippen LogP contribution is -2.44. The van der Waals surface area contributed by atoms with E-state index in [4.69, 9.17) is 0 Å². The number of para-hydroxylation sites is 1. The van der Waals surface area contributed by atoms with Crippen LogP contribution in [0.1, 0.15) is 0 Å². The molecule has 2 rings (SSSR count). The summed E-state index contributed by atoms with van der Waals surface area (Å²) >= 11 is 3.41. The number of nitro groups is 1. The summed E-state index contributed by atoms with van der Waals surface area (Å²) < 4.78 is 0.788. The maximum absolute atomic E-state index is 11.0. The first-order valence-electron chi connectivity index (χ1n) is 5.46. The zero-order valence-corrected chi connectivity index (χ0v) is 11.2. The minimum Gasteiger partial charge on any atom is -0.362 e. The molecule has 0 atom stereocenters. The number of hydrogen-bond donors (Lipinski definition) is 0. The number of likely N-dealkylation sites (N-methyl/N-ethyl adjacent to an activating group) is 1. The molecule has 0 radical (unpaired) electrons. The van der Waals surface area contributed by atoms with Crippen LogP contribution in [0.5, 0.6) is 0 Å². The Bertz CT molecular complexity index is 431. The Hall–Kier alpha value is -1.14. The smallest absolute Gasteiger partial charge is 0.293 e. The molecule has 1 aromatic rings. The highest BCUT2D eigenvalue weighted by Crippen LogP contribution is 2.35. The van der Waals surface area contributed by atoms with E-state index in [1.54, 1.807) is 12.1 Å². The van der Waals surface area contributed by atoms with Crippen molar-refractivity contribution in [2.75, 3.05) is 38.1 Å². The molecular weight excluding hydrogens is 286 g/mol. The zero-order chi connectivity index (χ0) is 12.4. The van der Waals surface area contributed by atoms with Gasteiger partial charge in [-0.05, 0) is 29.0 Å². The summed E-state index contributed by atoms with van der Waals surface area (Å²) in [7, 11) is 2.06. The third kappa shape index (κ3) is 2.58. The van der Waals surface area contributed by atoms with Gasteiger partial charge in [0.05, 0.1) is 4.92 Å². The van der Waals surface area contributed by atoms with E-state index in [9.17, 15) is 10.1 Å². The number of nitrogens with zero attached hydrogens (tertiary/aromatic N) is 3. The van der Waals surface area contributed by atoms with Gasteiger partial charge in [0.15, 0.2) is 0 Å². The normalized spacial score (nSPS) is 17.2. The van der Waals surface area contributed by atoms with Crippen molar-refractivity contribution in [2.24, 2.45) is 0 Å². The molecule has 92 valence electrons. The van der Waals surface area contributed by atoms with Crippen LogP contribution >= 0.6 is 15.9 Å². The van der Waals surface area contributed by atoms with Gasteiger partial charge >= 0.3 is 0 Å². The van der Waals surface area contributed by atoms with E-state index in [0.717, 1.165) is 30.7 Å². The second-order valence-electron chi connectivity index (χ2n) is 4.16. The largest absolute Gasteiger partial charge is 0.362 e. The molecule has 0 saturated carbocycles. The van der Waals surface area contributed by atoms with Crippen LogP contribution in [0.2, 0.25) is 0 Å². The molecule has 0 unspecified atom stereocenters. The Morgan fingerprint density at radius 1 is 1.29 bits per heavy atom. The zero-order valence-electron chi connectivity index (χ0n) is 9.60. The molecule has 17 heavy (non-hydrogen) atoms. The fourth-order valence-electron chi connectivity index (χ4n) is 1.99. The Morgan fingerprint density at radius 3 is 2.53 bits per heavy atom. The van der Waals surface area contributed by atoms with Gasteiger partial charge in [-0.15, -0.1) is 0 Å². The standard InChI is InChI=1S/C11H14BrN3O2/c1-13-5-7-14(8-6-13)11-9(12)3-2-4-10(11)15(16)17/h2-4H,5-8H2,1H3. The van der Waals surface area contributed by atoms with Crippen molar-refractivity contribution >= 4 is 27.3 Å². The minimum absolute atomic E-state index is 0.170. The number of rotatable bonds is 2. The van der Waals surface area contributed by atoms with Crippen LogP contribution < -0.4 is 4.90 Å². The van der Waals surface area contributed by atoms with Gasteiger partial charge in [0.25, 0.3) is 5.69 Å². The Balaban J connectivity index is 2.33. The van der Waals surface area contributed by atoms with E-state index in [1.165, 1.54) is 0 Å². The number of halogens is 1. The number of benzene rings is 1. The lowest BCUT2D eigenvalue weighted by molar-refractivity contribution is -0.384. The van der Waals surface area contributed by atoms with Crippen LogP contribution in [-0.4, -0.2) is 43.0 Å². The van der Waals surface area contributed by atoms with Crippen molar-refractivity contribution in [1.82, 2.24) is 4.90 Å². The van der Waals surface area contributed by atoms with Crippen molar-refractivity contribution in [3.63, 3.8) is 0 Å². The molecule has 1 heterocycles. The van der Waals surface area contributed by atoms with Crippen LogP contribution in [-0.2, 0) is 0 Å². The van der Waals surface area contributed by atoms with Crippen molar-refractivity contribution < 1.29 is 4.92 Å². The lowest BCUT2D eigenvalue weighted by Gasteiger charge is -2.34. The third-order valence-electron chi connectivity index (χ3n) is 2.98. The molecular formula is C11H14BrN3O2. The molecule has 0 N–H and O–H groups in total. The first-order valence-corrected chi connectivity index (χ1v) is 6.25. The summed E-state index contributed by atoms with van der Waals surface area (Å²) in [6, 6.07) is 5.10. The van der Waals surface area contributed by atoms with Gasteiger partial charge in [0.2, 0.25) is 0 Å². The number of hydrogen-bond acceptors (Lipinski definition) is 4. The summed E-state index contributed by atoms with van der Waals surface area (Å²) in [4.78, 5) is 15.0. The number of piperazine rings is 1. The van der Waals surface area contributed by atoms with Gasteiger partial charge in [-0.25, -0.2) is 0 Å². The highest BCUT2D eigenvalue weighted by molar-refractivity contribution is 9.10. The van der Waals surface area contributed by atoms with Crippen LogP contribution in [0, 0.1) is 10.1 Å². The van der Waals surface area contributed by atoms with E-state index >= 15 is 0 Å². The predicted octanol–water partition coefficient (Wildman–Crippen LogP) is 2.11. The van der Waals surface area contributed by atoms with Crippen molar-refractivity contribution in [3.05, 3.63) is 32.8 Å². The SMILES string of the molecule is CN1CCN(c2c(Br)cccc2[N+](=O)[O-])CC1. The predicted molar refractivity (Wildman–Crippen MR) is 70.5 cm³/mol. The summed E-state index contributed by atoms with van der Waals surface area (Å²) in [6.07, 6.45) is 0. The van der Waals surface area contributed by atoms with Gasteiger partial charge in [-0.1, -0.05) is 6.07 Å². The number of anilines is 1. The second kappa shape index (κ2) is 5.01. The molecule has 1 aliphatic heterocycles. The summed E-state index contributed by atoms with van der Waals surface area (Å²) in [5.41, 5.74) is 0.870. The summed E-state index contributed by atoms with van der Waals surface area (Å²) in [5.74, 6) is 0. The quantitative estimate of drug-likeness (QED) is 0.620. The molecule has 1 fully saturated rings. The summed E-state index contributed by atoms with van der Waals surface area (Å²) in [6.45, 7) is 3.50.